The highest BCUT2D eigenvalue weighted by Gasteiger charge is 2.17. The molecular weight excluding hydrogens is 212 g/mol. The van der Waals surface area contributed by atoms with Crippen LogP contribution in [-0.4, -0.2) is 24.9 Å². The van der Waals surface area contributed by atoms with E-state index in [4.69, 9.17) is 4.74 Å². The van der Waals surface area contributed by atoms with Crippen molar-refractivity contribution in [1.29, 1.82) is 0 Å². The Labute approximate surface area is 102 Å². The topological polar surface area (TPSA) is 29.5 Å². The first kappa shape index (κ1) is 12.1. The van der Waals surface area contributed by atoms with Crippen LogP contribution in [0.1, 0.15) is 24.8 Å². The highest BCUT2D eigenvalue weighted by atomic mass is 16.5. The fourth-order valence-corrected chi connectivity index (χ4v) is 2.14. The first-order valence-electron chi connectivity index (χ1n) is 6.02. The van der Waals surface area contributed by atoms with Crippen LogP contribution in [0, 0.1) is 0 Å². The van der Waals surface area contributed by atoms with Crippen LogP contribution < -0.4 is 0 Å². The van der Waals surface area contributed by atoms with Crippen molar-refractivity contribution < 1.29 is 9.84 Å². The Bertz CT molecular complexity index is 427. The van der Waals surface area contributed by atoms with Crippen molar-refractivity contribution in [2.75, 3.05) is 13.7 Å². The number of aliphatic hydroxyl groups excluding tert-OH is 1. The molecule has 1 aliphatic rings. The summed E-state index contributed by atoms with van der Waals surface area (Å²) in [6.07, 6.45) is 2.54. The van der Waals surface area contributed by atoms with Gasteiger partial charge in [0, 0.05) is 18.3 Å². The van der Waals surface area contributed by atoms with Crippen LogP contribution >= 0.6 is 0 Å². The molecule has 0 aliphatic heterocycles. The quantitative estimate of drug-likeness (QED) is 0.809. The molecule has 1 atom stereocenters. The van der Waals surface area contributed by atoms with Gasteiger partial charge in [0.15, 0.2) is 0 Å². The molecule has 1 N–H and O–H groups in total. The maximum Gasteiger partial charge on any atom is 0.0824 e. The third kappa shape index (κ3) is 3.07. The molecule has 0 unspecified atom stereocenters. The van der Waals surface area contributed by atoms with E-state index in [9.17, 15) is 5.11 Å². The van der Waals surface area contributed by atoms with Gasteiger partial charge in [-0.25, -0.2) is 0 Å². The van der Waals surface area contributed by atoms with E-state index >= 15 is 0 Å². The van der Waals surface area contributed by atoms with Crippen LogP contribution in [0.4, 0.5) is 0 Å². The van der Waals surface area contributed by atoms with Crippen LogP contribution in [0.25, 0.3) is 5.57 Å². The minimum atomic E-state index is -0.314. The van der Waals surface area contributed by atoms with E-state index in [1.807, 2.05) is 30.3 Å². The predicted molar refractivity (Wildman–Crippen MR) is 68.6 cm³/mol. The van der Waals surface area contributed by atoms with Crippen molar-refractivity contribution in [2.24, 2.45) is 0 Å². The summed E-state index contributed by atoms with van der Waals surface area (Å²) in [5.74, 6) is 0. The normalized spacial score (nSPS) is 19.2. The summed E-state index contributed by atoms with van der Waals surface area (Å²) < 4.78 is 5.21. The van der Waals surface area contributed by atoms with Crippen LogP contribution in [0.2, 0.25) is 0 Å². The average molecular weight is 230 g/mol. The summed E-state index contributed by atoms with van der Waals surface area (Å²) in [4.78, 5) is 0. The van der Waals surface area contributed by atoms with Gasteiger partial charge in [-0.1, -0.05) is 30.3 Å². The molecule has 1 aliphatic carbocycles. The lowest BCUT2D eigenvalue weighted by Gasteiger charge is -2.05. The molecule has 17 heavy (non-hydrogen) atoms. The van der Waals surface area contributed by atoms with E-state index in [2.05, 4.69) is 5.73 Å². The molecule has 1 saturated carbocycles. The number of hydrogen-bond acceptors (Lipinski definition) is 2. The van der Waals surface area contributed by atoms with Crippen LogP contribution in [0.15, 0.2) is 41.6 Å². The highest BCUT2D eigenvalue weighted by molar-refractivity contribution is 5.66. The van der Waals surface area contributed by atoms with E-state index in [1.54, 1.807) is 7.11 Å². The van der Waals surface area contributed by atoms with Crippen LogP contribution in [0.5, 0.6) is 0 Å². The molecule has 0 heterocycles. The molecule has 2 rings (SSSR count). The molecule has 1 aromatic carbocycles. The Morgan fingerprint density at radius 1 is 1.41 bits per heavy atom. The molecule has 90 valence electrons. The first-order chi connectivity index (χ1) is 8.31. The maximum absolute atomic E-state index is 9.80. The van der Waals surface area contributed by atoms with Crippen LogP contribution in [-0.2, 0) is 4.74 Å². The Hall–Kier alpha value is -1.34. The van der Waals surface area contributed by atoms with E-state index in [1.165, 1.54) is 0 Å². The van der Waals surface area contributed by atoms with Gasteiger partial charge in [0.1, 0.15) is 0 Å². The van der Waals surface area contributed by atoms with E-state index < -0.39 is 0 Å². The van der Waals surface area contributed by atoms with E-state index in [0.29, 0.717) is 6.61 Å². The summed E-state index contributed by atoms with van der Waals surface area (Å²) >= 11 is 0. The number of benzene rings is 1. The summed E-state index contributed by atoms with van der Waals surface area (Å²) in [5, 5.41) is 9.80. The van der Waals surface area contributed by atoms with E-state index in [0.717, 1.165) is 36.0 Å². The largest absolute Gasteiger partial charge is 0.388 e. The van der Waals surface area contributed by atoms with Crippen molar-refractivity contribution in [3.05, 3.63) is 47.2 Å². The number of aliphatic hydroxyl groups is 1. The minimum Gasteiger partial charge on any atom is -0.388 e. The summed E-state index contributed by atoms with van der Waals surface area (Å²) in [5.41, 5.74) is 6.49. The van der Waals surface area contributed by atoms with Gasteiger partial charge in [-0.3, -0.25) is 0 Å². The molecule has 0 bridgehead atoms. The third-order valence-corrected chi connectivity index (χ3v) is 3.05. The molecule has 2 heteroatoms. The lowest BCUT2D eigenvalue weighted by Crippen LogP contribution is -2.01. The fraction of sp³-hybridized carbons (Fsp3) is 0.400. The van der Waals surface area contributed by atoms with Gasteiger partial charge in [-0.2, -0.15) is 0 Å². The maximum atomic E-state index is 9.80. The van der Waals surface area contributed by atoms with Crippen LogP contribution in [0.3, 0.4) is 0 Å². The Kier molecular flexibility index (Phi) is 4.16. The smallest absolute Gasteiger partial charge is 0.0824 e. The van der Waals surface area contributed by atoms with Crippen molar-refractivity contribution in [2.45, 2.75) is 25.4 Å². The molecule has 2 nitrogen and oxygen atoms in total. The van der Waals surface area contributed by atoms with Gasteiger partial charge < -0.3 is 9.84 Å². The summed E-state index contributed by atoms with van der Waals surface area (Å²) in [6.45, 7) is 0.528. The third-order valence-electron chi connectivity index (χ3n) is 3.05. The molecule has 0 amide bonds. The predicted octanol–water partition coefficient (Wildman–Crippen LogP) is 2.79. The fourth-order valence-electron chi connectivity index (χ4n) is 2.14. The van der Waals surface area contributed by atoms with Crippen molar-refractivity contribution in [3.8, 4) is 0 Å². The highest BCUT2D eigenvalue weighted by Crippen LogP contribution is 2.25. The summed E-state index contributed by atoms with van der Waals surface area (Å²) in [6, 6.07) is 10.1. The van der Waals surface area contributed by atoms with Gasteiger partial charge in [0.2, 0.25) is 0 Å². The molecule has 0 radical (unpaired) electrons. The SMILES string of the molecule is COCC(=C=C1CCC[C@H]1O)c1ccccc1. The number of methoxy groups -OCH3 is 1. The van der Waals surface area contributed by atoms with Gasteiger partial charge in [-0.05, 0) is 24.8 Å². The van der Waals surface area contributed by atoms with E-state index in [-0.39, 0.29) is 6.10 Å². The Balaban J connectivity index is 2.38. The minimum absolute atomic E-state index is 0.314. The first-order valence-corrected chi connectivity index (χ1v) is 6.02. The second kappa shape index (κ2) is 5.83. The molecule has 1 fully saturated rings. The number of rotatable bonds is 3. The van der Waals surface area contributed by atoms with Gasteiger partial charge >= 0.3 is 0 Å². The molecule has 0 aromatic heterocycles. The summed E-state index contributed by atoms with van der Waals surface area (Å²) in [7, 11) is 1.68. The average Bonchev–Trinajstić information content (AvgIpc) is 2.76. The Morgan fingerprint density at radius 3 is 2.76 bits per heavy atom. The molecule has 0 spiro atoms. The van der Waals surface area contributed by atoms with Crippen molar-refractivity contribution in [1.82, 2.24) is 0 Å². The second-order valence-electron chi connectivity index (χ2n) is 4.34. The monoisotopic (exact) mass is 230 g/mol. The molecular formula is C15H18O2. The Morgan fingerprint density at radius 2 is 2.18 bits per heavy atom. The number of hydrogen-bond donors (Lipinski definition) is 1. The van der Waals surface area contributed by atoms with Gasteiger partial charge in [0.05, 0.1) is 12.7 Å². The lowest BCUT2D eigenvalue weighted by atomic mass is 10.1. The molecule has 0 saturated heterocycles. The zero-order chi connectivity index (χ0) is 12.1. The lowest BCUT2D eigenvalue weighted by molar-refractivity contribution is 0.218. The van der Waals surface area contributed by atoms with Crippen molar-refractivity contribution in [3.63, 3.8) is 0 Å². The standard InChI is InChI=1S/C15H18O2/c1-17-11-14(12-6-3-2-4-7-12)10-13-8-5-9-15(13)16/h2-4,6-7,15-16H,5,8-9,11H2,1H3/t10?,15-/m1/s1. The zero-order valence-electron chi connectivity index (χ0n) is 10.1. The van der Waals surface area contributed by atoms with Crippen molar-refractivity contribution >= 4 is 5.57 Å². The molecule has 1 aromatic rings. The van der Waals surface area contributed by atoms with Gasteiger partial charge in [0.25, 0.3) is 0 Å². The second-order valence-corrected chi connectivity index (χ2v) is 4.34. The number of ether oxygens (including phenoxy) is 1. The zero-order valence-corrected chi connectivity index (χ0v) is 10.1. The van der Waals surface area contributed by atoms with Gasteiger partial charge in [-0.15, -0.1) is 5.73 Å².